The second kappa shape index (κ2) is 6.74. The molecule has 5 nitrogen and oxygen atoms in total. The van der Waals surface area contributed by atoms with Crippen molar-refractivity contribution >= 4 is 29.0 Å². The Balaban J connectivity index is 1.87. The largest absolute Gasteiger partial charge is 0.325 e. The number of carbonyl (C=O) groups excluding carboxylic acids is 1. The summed E-state index contributed by atoms with van der Waals surface area (Å²) in [4.78, 5) is 22.1. The number of non-ortho nitro benzene ring substituents is 1. The predicted molar refractivity (Wildman–Crippen MR) is 81.0 cm³/mol. The van der Waals surface area contributed by atoms with E-state index in [1.165, 1.54) is 37.8 Å². The number of hydrogen-bond acceptors (Lipinski definition) is 4. The van der Waals surface area contributed by atoms with E-state index in [4.69, 9.17) is 0 Å². The van der Waals surface area contributed by atoms with Crippen LogP contribution in [0.4, 0.5) is 11.4 Å². The molecule has 0 heterocycles. The van der Waals surface area contributed by atoms with Crippen molar-refractivity contribution in [3.63, 3.8) is 0 Å². The van der Waals surface area contributed by atoms with E-state index in [1.807, 2.05) is 6.92 Å². The molecular weight excluding hydrogens is 276 g/mol. The minimum absolute atomic E-state index is 0.0244. The van der Waals surface area contributed by atoms with Crippen molar-refractivity contribution in [3.8, 4) is 0 Å². The highest BCUT2D eigenvalue weighted by molar-refractivity contribution is 8.01. The van der Waals surface area contributed by atoms with Gasteiger partial charge in [0.25, 0.3) is 5.69 Å². The van der Waals surface area contributed by atoms with Crippen molar-refractivity contribution in [2.24, 2.45) is 0 Å². The summed E-state index contributed by atoms with van der Waals surface area (Å²) in [7, 11) is 0. The average Bonchev–Trinajstić information content (AvgIpc) is 2.92. The van der Waals surface area contributed by atoms with Crippen LogP contribution in [-0.4, -0.2) is 21.3 Å². The first-order valence-electron chi connectivity index (χ1n) is 6.77. The first-order valence-corrected chi connectivity index (χ1v) is 7.71. The van der Waals surface area contributed by atoms with E-state index < -0.39 is 4.92 Å². The molecule has 0 aromatic heterocycles. The van der Waals surface area contributed by atoms with Gasteiger partial charge in [-0.15, -0.1) is 11.8 Å². The summed E-state index contributed by atoms with van der Waals surface area (Å²) in [6, 6.07) is 5.90. The fraction of sp³-hybridized carbons (Fsp3) is 0.500. The third kappa shape index (κ3) is 3.96. The Hall–Kier alpha value is -1.56. The highest BCUT2D eigenvalue weighted by atomic mass is 32.2. The molecule has 1 amide bonds. The van der Waals surface area contributed by atoms with Crippen LogP contribution in [0.5, 0.6) is 0 Å². The number of rotatable bonds is 5. The van der Waals surface area contributed by atoms with Crippen molar-refractivity contribution in [1.29, 1.82) is 0 Å². The number of hydrogen-bond donors (Lipinski definition) is 1. The molecule has 108 valence electrons. The van der Waals surface area contributed by atoms with Gasteiger partial charge in [0, 0.05) is 23.1 Å². The molecule has 1 aromatic rings. The number of anilines is 1. The maximum Gasteiger partial charge on any atom is 0.269 e. The summed E-state index contributed by atoms with van der Waals surface area (Å²) in [5.74, 6) is -0.0456. The van der Waals surface area contributed by atoms with Crippen molar-refractivity contribution in [1.82, 2.24) is 0 Å². The van der Waals surface area contributed by atoms with Gasteiger partial charge in [0.1, 0.15) is 0 Å². The van der Waals surface area contributed by atoms with Gasteiger partial charge in [-0.2, -0.15) is 0 Å². The van der Waals surface area contributed by atoms with Crippen LogP contribution in [0.1, 0.15) is 32.6 Å². The van der Waals surface area contributed by atoms with Gasteiger partial charge >= 0.3 is 0 Å². The Bertz CT molecular complexity index is 484. The number of benzene rings is 1. The summed E-state index contributed by atoms with van der Waals surface area (Å²) in [6.45, 7) is 1.91. The topological polar surface area (TPSA) is 72.2 Å². The summed E-state index contributed by atoms with van der Waals surface area (Å²) >= 11 is 1.72. The van der Waals surface area contributed by atoms with Crippen LogP contribution in [0.25, 0.3) is 0 Å². The molecule has 0 radical (unpaired) electrons. The number of carbonyl (C=O) groups is 1. The van der Waals surface area contributed by atoms with Gasteiger partial charge in [0.05, 0.1) is 10.2 Å². The summed E-state index contributed by atoms with van der Waals surface area (Å²) in [6.07, 6.45) is 4.91. The van der Waals surface area contributed by atoms with Crippen LogP contribution in [0.3, 0.4) is 0 Å². The van der Waals surface area contributed by atoms with Crippen LogP contribution in [0.2, 0.25) is 0 Å². The maximum atomic E-state index is 12.1. The molecular formula is C14H18N2O3S. The molecule has 0 bridgehead atoms. The molecule has 1 aliphatic rings. The quantitative estimate of drug-likeness (QED) is 0.665. The van der Waals surface area contributed by atoms with Crippen molar-refractivity contribution in [2.75, 3.05) is 5.32 Å². The van der Waals surface area contributed by atoms with Crippen LogP contribution in [0, 0.1) is 10.1 Å². The number of nitro groups is 1. The zero-order valence-electron chi connectivity index (χ0n) is 11.4. The molecule has 20 heavy (non-hydrogen) atoms. The minimum atomic E-state index is -0.454. The molecule has 1 atom stereocenters. The summed E-state index contributed by atoms with van der Waals surface area (Å²) < 4.78 is 0. The lowest BCUT2D eigenvalue weighted by atomic mass is 10.3. The number of nitrogens with zero attached hydrogens (tertiary/aromatic N) is 1. The normalized spacial score (nSPS) is 16.9. The minimum Gasteiger partial charge on any atom is -0.325 e. The fourth-order valence-electron chi connectivity index (χ4n) is 2.29. The zero-order valence-corrected chi connectivity index (χ0v) is 12.2. The Morgan fingerprint density at radius 3 is 2.50 bits per heavy atom. The molecule has 0 saturated heterocycles. The van der Waals surface area contributed by atoms with E-state index in [0.29, 0.717) is 10.9 Å². The number of amides is 1. The Labute approximate surface area is 122 Å². The summed E-state index contributed by atoms with van der Waals surface area (Å²) in [5, 5.41) is 13.8. The lowest BCUT2D eigenvalue weighted by Gasteiger charge is -2.15. The molecule has 1 aromatic carbocycles. The van der Waals surface area contributed by atoms with Crippen LogP contribution >= 0.6 is 11.8 Å². The fourth-order valence-corrected chi connectivity index (χ4v) is 3.65. The van der Waals surface area contributed by atoms with Gasteiger partial charge in [-0.3, -0.25) is 14.9 Å². The molecule has 0 unspecified atom stereocenters. The van der Waals surface area contributed by atoms with E-state index >= 15 is 0 Å². The van der Waals surface area contributed by atoms with Crippen LogP contribution in [-0.2, 0) is 4.79 Å². The van der Waals surface area contributed by atoms with E-state index in [-0.39, 0.29) is 16.8 Å². The van der Waals surface area contributed by atoms with Gasteiger partial charge in [0.2, 0.25) is 5.91 Å². The average molecular weight is 294 g/mol. The van der Waals surface area contributed by atoms with Gasteiger partial charge in [0.15, 0.2) is 0 Å². The van der Waals surface area contributed by atoms with E-state index in [1.54, 1.807) is 23.9 Å². The highest BCUT2D eigenvalue weighted by Crippen LogP contribution is 2.32. The summed E-state index contributed by atoms with van der Waals surface area (Å²) in [5.41, 5.74) is 0.621. The first kappa shape index (κ1) is 14.8. The standard InChI is InChI=1S/C14H18N2O3S/c1-10(20-13-4-2-3-5-13)14(17)15-11-6-8-12(9-7-11)16(18)19/h6-10,13H,2-5H2,1H3,(H,15,17)/t10-/m1/s1. The van der Waals surface area contributed by atoms with E-state index in [2.05, 4.69) is 5.32 Å². The monoisotopic (exact) mass is 294 g/mol. The van der Waals surface area contributed by atoms with Crippen LogP contribution < -0.4 is 5.32 Å². The predicted octanol–water partition coefficient (Wildman–Crippen LogP) is 3.60. The third-order valence-electron chi connectivity index (χ3n) is 3.41. The molecule has 0 spiro atoms. The Kier molecular flexibility index (Phi) is 5.00. The third-order valence-corrected chi connectivity index (χ3v) is 4.89. The highest BCUT2D eigenvalue weighted by Gasteiger charge is 2.22. The molecule has 1 aliphatic carbocycles. The number of thioether (sulfide) groups is 1. The van der Waals surface area contributed by atoms with Gasteiger partial charge in [-0.1, -0.05) is 12.8 Å². The SMILES string of the molecule is C[C@@H](SC1CCCC1)C(=O)Nc1ccc([N+](=O)[O-])cc1. The Morgan fingerprint density at radius 1 is 1.35 bits per heavy atom. The van der Waals surface area contributed by atoms with Crippen molar-refractivity contribution < 1.29 is 9.72 Å². The van der Waals surface area contributed by atoms with Gasteiger partial charge in [-0.25, -0.2) is 0 Å². The lowest BCUT2D eigenvalue weighted by Crippen LogP contribution is -2.24. The van der Waals surface area contributed by atoms with E-state index in [9.17, 15) is 14.9 Å². The molecule has 2 rings (SSSR count). The van der Waals surface area contributed by atoms with Gasteiger partial charge < -0.3 is 5.32 Å². The van der Waals surface area contributed by atoms with E-state index in [0.717, 1.165) is 0 Å². The lowest BCUT2D eigenvalue weighted by molar-refractivity contribution is -0.384. The molecule has 1 N–H and O–H groups in total. The van der Waals surface area contributed by atoms with Crippen molar-refractivity contribution in [3.05, 3.63) is 34.4 Å². The smallest absolute Gasteiger partial charge is 0.269 e. The first-order chi connectivity index (χ1) is 9.56. The van der Waals surface area contributed by atoms with Crippen molar-refractivity contribution in [2.45, 2.75) is 43.1 Å². The number of nitrogens with one attached hydrogen (secondary N) is 1. The second-order valence-corrected chi connectivity index (χ2v) is 6.62. The Morgan fingerprint density at radius 2 is 1.95 bits per heavy atom. The number of nitro benzene ring substituents is 1. The maximum absolute atomic E-state index is 12.1. The second-order valence-electron chi connectivity index (χ2n) is 4.98. The molecule has 6 heteroatoms. The van der Waals surface area contributed by atoms with Crippen LogP contribution in [0.15, 0.2) is 24.3 Å². The zero-order chi connectivity index (χ0) is 14.5. The molecule has 0 aliphatic heterocycles. The molecule has 1 saturated carbocycles. The van der Waals surface area contributed by atoms with Gasteiger partial charge in [-0.05, 0) is 31.9 Å². The molecule has 1 fully saturated rings.